The normalized spacial score (nSPS) is 9.07. The number of ether oxygens (including phenoxy) is 1. The number of methoxy groups -OCH3 is 1. The van der Waals surface area contributed by atoms with Gasteiger partial charge in [-0.25, -0.2) is 0 Å². The van der Waals surface area contributed by atoms with Gasteiger partial charge in [0.05, 0.1) is 19.2 Å². The number of hydrogen-bond donors (Lipinski definition) is 2. The third-order valence-corrected chi connectivity index (χ3v) is 1.80. The van der Waals surface area contributed by atoms with Crippen LogP contribution in [-0.4, -0.2) is 24.7 Å². The number of hydrogen-bond acceptors (Lipinski definition) is 3. The van der Waals surface area contributed by atoms with Crippen molar-refractivity contribution < 1.29 is 14.6 Å². The molecule has 0 spiro atoms. The van der Waals surface area contributed by atoms with E-state index in [2.05, 4.69) is 11.2 Å². The molecule has 1 amide bonds. The molecule has 1 aromatic rings. The number of carbonyl (C=O) groups is 1. The van der Waals surface area contributed by atoms with E-state index in [1.807, 2.05) is 0 Å². The van der Waals surface area contributed by atoms with Gasteiger partial charge in [0.15, 0.2) is 0 Å². The van der Waals surface area contributed by atoms with Crippen molar-refractivity contribution in [2.45, 2.75) is 0 Å². The first-order valence-electron chi connectivity index (χ1n) is 4.27. The van der Waals surface area contributed by atoms with Crippen molar-refractivity contribution in [1.29, 1.82) is 0 Å². The van der Waals surface area contributed by atoms with E-state index in [0.29, 0.717) is 5.75 Å². The third kappa shape index (κ3) is 2.64. The van der Waals surface area contributed by atoms with Crippen molar-refractivity contribution in [3.63, 3.8) is 0 Å². The minimum atomic E-state index is -0.427. The largest absolute Gasteiger partial charge is 0.507 e. The molecule has 0 aliphatic heterocycles. The second-order valence-electron chi connectivity index (χ2n) is 2.77. The lowest BCUT2D eigenvalue weighted by atomic mass is 10.2. The molecule has 0 aromatic heterocycles. The topological polar surface area (TPSA) is 58.6 Å². The van der Waals surface area contributed by atoms with Crippen LogP contribution in [0.25, 0.3) is 0 Å². The zero-order chi connectivity index (χ0) is 11.3. The summed E-state index contributed by atoms with van der Waals surface area (Å²) in [6.07, 6.45) is 5.00. The highest BCUT2D eigenvalue weighted by Gasteiger charge is 2.11. The SMILES string of the molecule is C#CCNC(=O)c1cc(OC)ccc1O. The van der Waals surface area contributed by atoms with Gasteiger partial charge in [-0.1, -0.05) is 5.92 Å². The van der Waals surface area contributed by atoms with Gasteiger partial charge < -0.3 is 15.2 Å². The van der Waals surface area contributed by atoms with Gasteiger partial charge in [0.2, 0.25) is 0 Å². The third-order valence-electron chi connectivity index (χ3n) is 1.80. The number of nitrogens with one attached hydrogen (secondary N) is 1. The summed E-state index contributed by atoms with van der Waals surface area (Å²) in [5.74, 6) is 2.24. The van der Waals surface area contributed by atoms with Crippen molar-refractivity contribution in [2.75, 3.05) is 13.7 Å². The van der Waals surface area contributed by atoms with Gasteiger partial charge in [-0.15, -0.1) is 6.42 Å². The quantitative estimate of drug-likeness (QED) is 0.716. The van der Waals surface area contributed by atoms with E-state index in [9.17, 15) is 9.90 Å². The Bertz CT molecular complexity index is 407. The smallest absolute Gasteiger partial charge is 0.255 e. The number of rotatable bonds is 3. The molecule has 2 N–H and O–H groups in total. The average molecular weight is 205 g/mol. The first-order chi connectivity index (χ1) is 7.19. The van der Waals surface area contributed by atoms with Gasteiger partial charge >= 0.3 is 0 Å². The van der Waals surface area contributed by atoms with Crippen LogP contribution < -0.4 is 10.1 Å². The lowest BCUT2D eigenvalue weighted by Gasteiger charge is -2.06. The molecule has 1 rings (SSSR count). The van der Waals surface area contributed by atoms with Crippen LogP contribution in [0.15, 0.2) is 18.2 Å². The number of carbonyl (C=O) groups excluding carboxylic acids is 1. The molecule has 0 aliphatic carbocycles. The highest BCUT2D eigenvalue weighted by molar-refractivity contribution is 5.97. The molecule has 0 saturated carbocycles. The number of phenolic OH excluding ortho intramolecular Hbond substituents is 1. The summed E-state index contributed by atoms with van der Waals surface area (Å²) in [6, 6.07) is 4.40. The Morgan fingerprint density at radius 3 is 3.00 bits per heavy atom. The predicted molar refractivity (Wildman–Crippen MR) is 55.8 cm³/mol. The van der Waals surface area contributed by atoms with Crippen LogP contribution in [0.3, 0.4) is 0 Å². The number of aromatic hydroxyl groups is 1. The molecule has 0 aliphatic rings. The Hall–Kier alpha value is -2.15. The van der Waals surface area contributed by atoms with Gasteiger partial charge in [-0.2, -0.15) is 0 Å². The van der Waals surface area contributed by atoms with Crippen LogP contribution >= 0.6 is 0 Å². The van der Waals surface area contributed by atoms with Crippen LogP contribution in [0.4, 0.5) is 0 Å². The predicted octanol–water partition coefficient (Wildman–Crippen LogP) is 0.764. The summed E-state index contributed by atoms with van der Waals surface area (Å²) in [5, 5.41) is 11.9. The van der Waals surface area contributed by atoms with Crippen molar-refractivity contribution in [2.24, 2.45) is 0 Å². The molecule has 0 unspecified atom stereocenters. The molecule has 0 atom stereocenters. The molecule has 1 aromatic carbocycles. The molecule has 0 heterocycles. The summed E-state index contributed by atoms with van der Waals surface area (Å²) >= 11 is 0. The van der Waals surface area contributed by atoms with Gasteiger partial charge in [-0.05, 0) is 18.2 Å². The van der Waals surface area contributed by atoms with Crippen LogP contribution in [0.2, 0.25) is 0 Å². The molecule has 4 heteroatoms. The zero-order valence-electron chi connectivity index (χ0n) is 8.28. The number of phenols is 1. The van der Waals surface area contributed by atoms with E-state index in [4.69, 9.17) is 11.2 Å². The highest BCUT2D eigenvalue weighted by atomic mass is 16.5. The molecule has 78 valence electrons. The van der Waals surface area contributed by atoms with Crippen LogP contribution in [-0.2, 0) is 0 Å². The zero-order valence-corrected chi connectivity index (χ0v) is 8.28. The maximum absolute atomic E-state index is 11.5. The minimum absolute atomic E-state index is 0.106. The summed E-state index contributed by atoms with van der Waals surface area (Å²) in [7, 11) is 1.48. The van der Waals surface area contributed by atoms with Gasteiger partial charge in [0, 0.05) is 0 Å². The van der Waals surface area contributed by atoms with Gasteiger partial charge in [0.25, 0.3) is 5.91 Å². The molecule has 0 fully saturated rings. The summed E-state index contributed by atoms with van der Waals surface area (Å²) in [6.45, 7) is 0.121. The molecular weight excluding hydrogens is 194 g/mol. The highest BCUT2D eigenvalue weighted by Crippen LogP contribution is 2.22. The van der Waals surface area contributed by atoms with Gasteiger partial charge in [-0.3, -0.25) is 4.79 Å². The fourth-order valence-electron chi connectivity index (χ4n) is 1.05. The van der Waals surface area contributed by atoms with E-state index >= 15 is 0 Å². The minimum Gasteiger partial charge on any atom is -0.507 e. The lowest BCUT2D eigenvalue weighted by molar-refractivity contribution is 0.0955. The van der Waals surface area contributed by atoms with E-state index in [0.717, 1.165) is 0 Å². The standard InChI is InChI=1S/C11H11NO3/c1-3-6-12-11(14)9-7-8(15-2)4-5-10(9)13/h1,4-5,7,13H,6H2,2H3,(H,12,14). The fourth-order valence-corrected chi connectivity index (χ4v) is 1.05. The van der Waals surface area contributed by atoms with Crippen molar-refractivity contribution in [3.8, 4) is 23.8 Å². The average Bonchev–Trinajstić information content (AvgIpc) is 2.26. The van der Waals surface area contributed by atoms with Gasteiger partial charge in [0.1, 0.15) is 11.5 Å². The monoisotopic (exact) mass is 205 g/mol. The van der Waals surface area contributed by atoms with Crippen molar-refractivity contribution in [1.82, 2.24) is 5.32 Å². The Balaban J connectivity index is 2.92. The Kier molecular flexibility index (Phi) is 3.58. The van der Waals surface area contributed by atoms with Crippen LogP contribution in [0, 0.1) is 12.3 Å². The van der Waals surface area contributed by atoms with Crippen molar-refractivity contribution in [3.05, 3.63) is 23.8 Å². The first-order valence-corrected chi connectivity index (χ1v) is 4.27. The molecule has 15 heavy (non-hydrogen) atoms. The van der Waals surface area contributed by atoms with E-state index in [-0.39, 0.29) is 17.9 Å². The number of benzene rings is 1. The van der Waals surface area contributed by atoms with Crippen LogP contribution in [0.5, 0.6) is 11.5 Å². The Morgan fingerprint density at radius 1 is 1.67 bits per heavy atom. The Labute approximate surface area is 87.9 Å². The van der Waals surface area contributed by atoms with Crippen LogP contribution in [0.1, 0.15) is 10.4 Å². The second-order valence-corrected chi connectivity index (χ2v) is 2.77. The van der Waals surface area contributed by atoms with E-state index < -0.39 is 5.91 Å². The maximum atomic E-state index is 11.5. The molecule has 0 saturated heterocycles. The molecule has 0 bridgehead atoms. The number of amides is 1. The number of terminal acetylenes is 1. The first kappa shape index (κ1) is 10.9. The fraction of sp³-hybridized carbons (Fsp3) is 0.182. The maximum Gasteiger partial charge on any atom is 0.255 e. The van der Waals surface area contributed by atoms with E-state index in [1.165, 1.54) is 19.2 Å². The lowest BCUT2D eigenvalue weighted by Crippen LogP contribution is -2.23. The summed E-state index contributed by atoms with van der Waals surface area (Å²) in [5.41, 5.74) is 0.143. The molecule has 4 nitrogen and oxygen atoms in total. The summed E-state index contributed by atoms with van der Waals surface area (Å²) < 4.78 is 4.93. The van der Waals surface area contributed by atoms with E-state index in [1.54, 1.807) is 6.07 Å². The molecule has 0 radical (unpaired) electrons. The van der Waals surface area contributed by atoms with Crippen molar-refractivity contribution >= 4 is 5.91 Å². The second kappa shape index (κ2) is 4.91. The molecular formula is C11H11NO3. The Morgan fingerprint density at radius 2 is 2.40 bits per heavy atom. The summed E-state index contributed by atoms with van der Waals surface area (Å²) in [4.78, 5) is 11.5.